The Hall–Kier alpha value is -0.570. The van der Waals surface area contributed by atoms with Crippen molar-refractivity contribution in [3.05, 3.63) is 0 Å². The second-order valence-electron chi connectivity index (χ2n) is 5.36. The fourth-order valence-electron chi connectivity index (χ4n) is 3.53. The number of carbonyl (C=O) groups excluding carboxylic acids is 1. The first-order valence-corrected chi connectivity index (χ1v) is 6.17. The van der Waals surface area contributed by atoms with Gasteiger partial charge in [0.05, 0.1) is 6.61 Å². The van der Waals surface area contributed by atoms with Gasteiger partial charge in [-0.3, -0.25) is 4.79 Å². The Balaban J connectivity index is 1.90. The summed E-state index contributed by atoms with van der Waals surface area (Å²) in [6, 6.07) is 0.479. The van der Waals surface area contributed by atoms with Crippen LogP contribution in [0.2, 0.25) is 0 Å². The van der Waals surface area contributed by atoms with Crippen LogP contribution in [0.25, 0.3) is 0 Å². The van der Waals surface area contributed by atoms with Gasteiger partial charge in [0.25, 0.3) is 0 Å². The van der Waals surface area contributed by atoms with Crippen LogP contribution >= 0.6 is 0 Å². The summed E-state index contributed by atoms with van der Waals surface area (Å²) < 4.78 is 5.93. The molecule has 1 saturated carbocycles. The molecule has 0 bridgehead atoms. The molecule has 0 aromatic carbocycles. The van der Waals surface area contributed by atoms with Gasteiger partial charge in [-0.05, 0) is 19.8 Å². The summed E-state index contributed by atoms with van der Waals surface area (Å²) in [4.78, 5) is 14.0. The Kier molecular flexibility index (Phi) is 2.06. The Bertz CT molecular complexity index is 291. The molecule has 3 rings (SSSR count). The predicted octanol–water partition coefficient (Wildman–Crippen LogP) is 1.91. The van der Waals surface area contributed by atoms with E-state index in [2.05, 4.69) is 11.8 Å². The molecule has 1 aliphatic carbocycles. The van der Waals surface area contributed by atoms with Gasteiger partial charge in [-0.15, -0.1) is 0 Å². The second kappa shape index (κ2) is 3.21. The molecule has 0 spiro atoms. The molecule has 3 heteroatoms. The van der Waals surface area contributed by atoms with Crippen molar-refractivity contribution in [2.24, 2.45) is 5.92 Å². The number of carbonyl (C=O) groups is 1. The topological polar surface area (TPSA) is 29.5 Å². The highest BCUT2D eigenvalue weighted by Gasteiger charge is 2.51. The van der Waals surface area contributed by atoms with E-state index in [1.807, 2.05) is 0 Å². The first-order chi connectivity index (χ1) is 7.21. The zero-order valence-electron chi connectivity index (χ0n) is 9.37. The molecule has 3 nitrogen and oxygen atoms in total. The number of nitrogens with zero attached hydrogens (tertiary/aromatic N) is 1. The highest BCUT2D eigenvalue weighted by Crippen LogP contribution is 2.43. The molecule has 2 saturated heterocycles. The molecular weight excluding hydrogens is 190 g/mol. The average Bonchev–Trinajstić information content (AvgIpc) is 2.56. The molecule has 3 fully saturated rings. The van der Waals surface area contributed by atoms with E-state index in [4.69, 9.17) is 4.74 Å². The van der Waals surface area contributed by atoms with Gasteiger partial charge in [0.2, 0.25) is 5.91 Å². The second-order valence-corrected chi connectivity index (χ2v) is 5.36. The highest BCUT2D eigenvalue weighted by atomic mass is 16.5. The lowest BCUT2D eigenvalue weighted by Gasteiger charge is -2.50. The molecule has 3 aliphatic rings. The third kappa shape index (κ3) is 1.32. The number of ether oxygens (including phenoxy) is 1. The number of hydrogen-bond acceptors (Lipinski definition) is 2. The van der Waals surface area contributed by atoms with E-state index in [0.717, 1.165) is 13.0 Å². The maximum atomic E-state index is 11.9. The Morgan fingerprint density at radius 1 is 1.40 bits per heavy atom. The number of rotatable bonds is 0. The summed E-state index contributed by atoms with van der Waals surface area (Å²) in [6.45, 7) is 2.95. The van der Waals surface area contributed by atoms with Gasteiger partial charge in [-0.1, -0.05) is 12.8 Å². The molecule has 84 valence electrons. The van der Waals surface area contributed by atoms with E-state index >= 15 is 0 Å². The fourth-order valence-corrected chi connectivity index (χ4v) is 3.53. The summed E-state index contributed by atoms with van der Waals surface area (Å²) in [5.41, 5.74) is -0.268. The molecule has 0 N–H and O–H groups in total. The summed E-state index contributed by atoms with van der Waals surface area (Å²) in [5.74, 6) is 0.919. The maximum Gasteiger partial charge on any atom is 0.225 e. The first-order valence-electron chi connectivity index (χ1n) is 6.17. The van der Waals surface area contributed by atoms with Crippen LogP contribution in [-0.4, -0.2) is 29.2 Å². The molecule has 2 heterocycles. The molecule has 2 aliphatic heterocycles. The number of fused-ring (bicyclic) bond motifs is 3. The molecule has 0 aromatic rings. The van der Waals surface area contributed by atoms with Gasteiger partial charge in [0, 0.05) is 24.8 Å². The summed E-state index contributed by atoms with van der Waals surface area (Å²) in [6.07, 6.45) is 6.58. The first kappa shape index (κ1) is 9.64. The van der Waals surface area contributed by atoms with Crippen molar-refractivity contribution in [1.82, 2.24) is 4.90 Å². The van der Waals surface area contributed by atoms with Crippen LogP contribution in [0.3, 0.4) is 0 Å². The molecular formula is C12H19NO2. The van der Waals surface area contributed by atoms with Crippen LogP contribution in [0.4, 0.5) is 0 Å². The number of hydrogen-bond donors (Lipinski definition) is 0. The zero-order valence-corrected chi connectivity index (χ0v) is 9.37. The zero-order chi connectivity index (χ0) is 10.5. The van der Waals surface area contributed by atoms with E-state index < -0.39 is 0 Å². The van der Waals surface area contributed by atoms with Crippen LogP contribution in [0.5, 0.6) is 0 Å². The minimum Gasteiger partial charge on any atom is -0.355 e. The molecule has 0 unspecified atom stereocenters. The molecule has 1 amide bonds. The quantitative estimate of drug-likeness (QED) is 0.610. The van der Waals surface area contributed by atoms with Crippen LogP contribution in [0.1, 0.15) is 45.4 Å². The Morgan fingerprint density at radius 3 is 3.07 bits per heavy atom. The van der Waals surface area contributed by atoms with Gasteiger partial charge in [-0.2, -0.15) is 0 Å². The molecule has 0 aromatic heterocycles. The van der Waals surface area contributed by atoms with Crippen molar-refractivity contribution < 1.29 is 9.53 Å². The molecule has 3 atom stereocenters. The summed E-state index contributed by atoms with van der Waals surface area (Å²) in [7, 11) is 0. The predicted molar refractivity (Wildman–Crippen MR) is 56.2 cm³/mol. The van der Waals surface area contributed by atoms with Crippen molar-refractivity contribution in [3.63, 3.8) is 0 Å². The van der Waals surface area contributed by atoms with Crippen molar-refractivity contribution in [1.29, 1.82) is 0 Å². The van der Waals surface area contributed by atoms with Gasteiger partial charge in [0.15, 0.2) is 0 Å². The highest BCUT2D eigenvalue weighted by molar-refractivity contribution is 5.79. The maximum absolute atomic E-state index is 11.9. The van der Waals surface area contributed by atoms with Crippen LogP contribution in [-0.2, 0) is 9.53 Å². The van der Waals surface area contributed by atoms with Crippen molar-refractivity contribution in [3.8, 4) is 0 Å². The van der Waals surface area contributed by atoms with E-state index in [-0.39, 0.29) is 5.72 Å². The third-order valence-electron chi connectivity index (χ3n) is 4.39. The lowest BCUT2D eigenvalue weighted by atomic mass is 9.82. The monoisotopic (exact) mass is 209 g/mol. The van der Waals surface area contributed by atoms with E-state index in [9.17, 15) is 4.79 Å². The summed E-state index contributed by atoms with van der Waals surface area (Å²) in [5, 5.41) is 0. The standard InChI is InChI=1S/C12H19NO2/c1-12-7-6-11(14)13(12)10-5-3-2-4-9(10)8-15-12/h9-10H,2-8H2,1H3/t9-,10-,12+/m0/s1. The van der Waals surface area contributed by atoms with Crippen molar-refractivity contribution >= 4 is 5.91 Å². The molecule has 15 heavy (non-hydrogen) atoms. The van der Waals surface area contributed by atoms with E-state index in [1.54, 1.807) is 0 Å². The van der Waals surface area contributed by atoms with E-state index in [0.29, 0.717) is 24.3 Å². The minimum atomic E-state index is -0.268. The molecule has 0 radical (unpaired) electrons. The fraction of sp³-hybridized carbons (Fsp3) is 0.917. The Morgan fingerprint density at radius 2 is 2.20 bits per heavy atom. The minimum absolute atomic E-state index is 0.268. The largest absolute Gasteiger partial charge is 0.355 e. The van der Waals surface area contributed by atoms with Crippen LogP contribution in [0.15, 0.2) is 0 Å². The lowest BCUT2D eigenvalue weighted by molar-refractivity contribution is -0.207. The lowest BCUT2D eigenvalue weighted by Crippen LogP contribution is -2.59. The van der Waals surface area contributed by atoms with Gasteiger partial charge in [0.1, 0.15) is 5.72 Å². The Labute approximate surface area is 90.8 Å². The van der Waals surface area contributed by atoms with Crippen LogP contribution in [0, 0.1) is 5.92 Å². The van der Waals surface area contributed by atoms with Crippen LogP contribution < -0.4 is 0 Å². The third-order valence-corrected chi connectivity index (χ3v) is 4.39. The summed E-state index contributed by atoms with van der Waals surface area (Å²) >= 11 is 0. The van der Waals surface area contributed by atoms with Crippen molar-refractivity contribution in [2.75, 3.05) is 6.61 Å². The van der Waals surface area contributed by atoms with Gasteiger partial charge >= 0.3 is 0 Å². The van der Waals surface area contributed by atoms with Crippen molar-refractivity contribution in [2.45, 2.75) is 57.2 Å². The smallest absolute Gasteiger partial charge is 0.225 e. The van der Waals surface area contributed by atoms with E-state index in [1.165, 1.54) is 25.7 Å². The average molecular weight is 209 g/mol. The normalized spacial score (nSPS) is 45.1. The van der Waals surface area contributed by atoms with Gasteiger partial charge in [-0.25, -0.2) is 0 Å². The van der Waals surface area contributed by atoms with Gasteiger partial charge < -0.3 is 9.64 Å². The number of amides is 1. The SMILES string of the molecule is C[C@@]12CCC(=O)N1[C@H]1CCCC[C@H]1CO2.